The second-order valence-corrected chi connectivity index (χ2v) is 13.8. The fourth-order valence-corrected chi connectivity index (χ4v) is 6.66. The average Bonchev–Trinajstić information content (AvgIpc) is 2.96. The number of hydrogen-bond acceptors (Lipinski definition) is 11. The Hall–Kier alpha value is -4.17. The first kappa shape index (κ1) is 33.3. The summed E-state index contributed by atoms with van der Waals surface area (Å²) >= 11 is 0. The summed E-state index contributed by atoms with van der Waals surface area (Å²) in [6.07, 6.45) is 0. The molecule has 0 spiro atoms. The summed E-state index contributed by atoms with van der Waals surface area (Å²) in [5.41, 5.74) is 5.50. The minimum atomic E-state index is -4.36. The molecule has 3 aromatic rings. The molecular weight excluding hydrogens is 600 g/mol. The van der Waals surface area contributed by atoms with Crippen LogP contribution in [0.1, 0.15) is 19.4 Å². The number of nitrogen functional groups attached to an aromatic ring is 1. The molecule has 3 aromatic carbocycles. The number of esters is 1. The lowest BCUT2D eigenvalue weighted by Crippen LogP contribution is -2.34. The van der Waals surface area contributed by atoms with E-state index in [0.29, 0.717) is 11.3 Å². The molecule has 0 aliphatic carbocycles. The largest absolute Gasteiger partial charge is 0.497 e. The van der Waals surface area contributed by atoms with Crippen LogP contribution >= 0.6 is 0 Å². The van der Waals surface area contributed by atoms with Gasteiger partial charge in [0, 0.05) is 18.2 Å². The van der Waals surface area contributed by atoms with Crippen LogP contribution in [0.3, 0.4) is 0 Å². The summed E-state index contributed by atoms with van der Waals surface area (Å²) in [7, 11) is -3.92. The zero-order chi connectivity index (χ0) is 32.0. The number of hydrogen-bond donors (Lipinski definition) is 2. The highest BCUT2D eigenvalue weighted by Gasteiger charge is 2.34. The number of nitrogens with two attached hydrogens (primary N) is 1. The first-order valence-corrected chi connectivity index (χ1v) is 16.1. The van der Waals surface area contributed by atoms with Crippen LogP contribution in [0.5, 0.6) is 23.0 Å². The van der Waals surface area contributed by atoms with E-state index in [2.05, 4.69) is 4.72 Å². The van der Waals surface area contributed by atoms with Gasteiger partial charge < -0.3 is 29.4 Å². The number of methoxy groups -OCH3 is 3. The maximum atomic E-state index is 13.6. The van der Waals surface area contributed by atoms with Gasteiger partial charge in [-0.2, -0.15) is 0 Å². The van der Waals surface area contributed by atoms with Gasteiger partial charge in [-0.25, -0.2) is 16.8 Å². The highest BCUT2D eigenvalue weighted by Crippen LogP contribution is 2.40. The smallest absolute Gasteiger partial charge is 0.315 e. The number of carbonyl (C=O) groups is 1. The van der Waals surface area contributed by atoms with Crippen molar-refractivity contribution in [3.63, 3.8) is 0 Å². The Labute approximate surface area is 252 Å². The number of sulfone groups is 1. The molecule has 0 unspecified atom stereocenters. The second kappa shape index (κ2) is 13.4. The lowest BCUT2D eigenvalue weighted by Gasteiger charge is -2.24. The van der Waals surface area contributed by atoms with Crippen molar-refractivity contribution in [2.45, 2.75) is 30.6 Å². The number of benzene rings is 3. The maximum absolute atomic E-state index is 13.6. The molecule has 0 amide bonds. The van der Waals surface area contributed by atoms with E-state index in [1.807, 2.05) is 0 Å². The third-order valence-corrected chi connectivity index (χ3v) is 9.64. The lowest BCUT2D eigenvalue weighted by atomic mass is 9.95. The predicted molar refractivity (Wildman–Crippen MR) is 161 cm³/mol. The van der Waals surface area contributed by atoms with Crippen molar-refractivity contribution in [3.05, 3.63) is 60.2 Å². The van der Waals surface area contributed by atoms with Gasteiger partial charge in [0.1, 0.15) is 36.2 Å². The third-order valence-electron chi connectivity index (χ3n) is 6.38. The van der Waals surface area contributed by atoms with E-state index in [1.165, 1.54) is 71.6 Å². The summed E-state index contributed by atoms with van der Waals surface area (Å²) in [6.45, 7) is 4.02. The molecule has 3 rings (SSSR count). The zero-order valence-electron chi connectivity index (χ0n) is 24.8. The van der Waals surface area contributed by atoms with E-state index in [1.54, 1.807) is 25.1 Å². The lowest BCUT2D eigenvalue weighted by molar-refractivity contribution is -0.154. The van der Waals surface area contributed by atoms with Crippen molar-refractivity contribution in [2.75, 3.05) is 50.8 Å². The van der Waals surface area contributed by atoms with Gasteiger partial charge in [0.05, 0.1) is 48.8 Å². The van der Waals surface area contributed by atoms with Crippen molar-refractivity contribution in [3.8, 4) is 23.0 Å². The van der Waals surface area contributed by atoms with Gasteiger partial charge >= 0.3 is 5.97 Å². The average molecular weight is 637 g/mol. The standard InChI is InChI=1S/C29H36N2O10S2/c1-19-9-7-8-10-26(19)42(33,34)14-13-40-28(32)29(2,3)18-41-25-17-21(38-5)16-24(39-6)27(25)43(35,36)31-23-12-11-20(37-4)15-22(23)30/h7-12,15-17,31H,13-14,18,30H2,1-6H3. The number of anilines is 2. The molecule has 14 heteroatoms. The van der Waals surface area contributed by atoms with E-state index in [-0.39, 0.29) is 51.6 Å². The molecule has 0 fully saturated rings. The third kappa shape index (κ3) is 8.02. The minimum Gasteiger partial charge on any atom is -0.497 e. The highest BCUT2D eigenvalue weighted by molar-refractivity contribution is 7.93. The van der Waals surface area contributed by atoms with Crippen LogP contribution in [0.4, 0.5) is 11.4 Å². The number of nitrogens with one attached hydrogen (secondary N) is 1. The molecule has 3 N–H and O–H groups in total. The molecule has 0 aliphatic heterocycles. The molecule has 0 atom stereocenters. The van der Waals surface area contributed by atoms with Gasteiger partial charge in [0.2, 0.25) is 0 Å². The molecule has 0 heterocycles. The summed E-state index contributed by atoms with van der Waals surface area (Å²) in [5, 5.41) is 0. The van der Waals surface area contributed by atoms with Crippen LogP contribution in [0, 0.1) is 12.3 Å². The minimum absolute atomic E-state index is 0.0873. The Morgan fingerprint density at radius 2 is 1.53 bits per heavy atom. The summed E-state index contributed by atoms with van der Waals surface area (Å²) in [4.78, 5) is 12.7. The SMILES string of the molecule is COc1ccc(NS(=O)(=O)c2c(OC)cc(OC)cc2OCC(C)(C)C(=O)OCCS(=O)(=O)c2ccccc2C)c(N)c1. The predicted octanol–water partition coefficient (Wildman–Crippen LogP) is 3.83. The molecule has 43 heavy (non-hydrogen) atoms. The van der Waals surface area contributed by atoms with Crippen LogP contribution in [-0.4, -0.2) is 63.1 Å². The Bertz CT molecular complexity index is 1690. The van der Waals surface area contributed by atoms with E-state index in [9.17, 15) is 21.6 Å². The van der Waals surface area contributed by atoms with Crippen molar-refractivity contribution < 1.29 is 45.3 Å². The Kier molecular flexibility index (Phi) is 10.4. The monoisotopic (exact) mass is 636 g/mol. The number of aryl methyl sites for hydroxylation is 1. The molecule has 0 aromatic heterocycles. The van der Waals surface area contributed by atoms with Crippen molar-refractivity contribution in [1.82, 2.24) is 0 Å². The first-order chi connectivity index (χ1) is 20.1. The maximum Gasteiger partial charge on any atom is 0.315 e. The first-order valence-electron chi connectivity index (χ1n) is 13.0. The van der Waals surface area contributed by atoms with E-state index < -0.39 is 37.0 Å². The summed E-state index contributed by atoms with van der Waals surface area (Å²) in [5.74, 6) is -0.730. The van der Waals surface area contributed by atoms with Crippen LogP contribution in [0.15, 0.2) is 64.4 Å². The van der Waals surface area contributed by atoms with Gasteiger partial charge in [-0.1, -0.05) is 18.2 Å². The summed E-state index contributed by atoms with van der Waals surface area (Å²) < 4.78 is 82.0. The van der Waals surface area contributed by atoms with Gasteiger partial charge in [0.15, 0.2) is 14.7 Å². The number of ether oxygens (including phenoxy) is 5. The van der Waals surface area contributed by atoms with Gasteiger partial charge in [0.25, 0.3) is 10.0 Å². The van der Waals surface area contributed by atoms with Crippen LogP contribution < -0.4 is 29.4 Å². The van der Waals surface area contributed by atoms with Crippen molar-refractivity contribution >= 4 is 37.2 Å². The molecule has 0 saturated heterocycles. The number of carbonyl (C=O) groups excluding carboxylic acids is 1. The molecule has 0 bridgehead atoms. The normalized spacial score (nSPS) is 11.9. The topological polar surface area (TPSA) is 170 Å². The second-order valence-electron chi connectivity index (χ2n) is 10.1. The van der Waals surface area contributed by atoms with E-state index in [4.69, 9.17) is 29.4 Å². The zero-order valence-corrected chi connectivity index (χ0v) is 26.4. The molecule has 234 valence electrons. The Morgan fingerprint density at radius 1 is 0.884 bits per heavy atom. The summed E-state index contributed by atoms with van der Waals surface area (Å²) in [6, 6.07) is 13.7. The Balaban J connectivity index is 1.81. The number of sulfonamides is 1. The highest BCUT2D eigenvalue weighted by atomic mass is 32.2. The van der Waals surface area contributed by atoms with Gasteiger partial charge in [-0.3, -0.25) is 9.52 Å². The van der Waals surface area contributed by atoms with E-state index in [0.717, 1.165) is 0 Å². The van der Waals surface area contributed by atoms with Crippen molar-refractivity contribution in [1.29, 1.82) is 0 Å². The van der Waals surface area contributed by atoms with Gasteiger partial charge in [-0.15, -0.1) is 0 Å². The van der Waals surface area contributed by atoms with E-state index >= 15 is 0 Å². The number of rotatable bonds is 14. The molecule has 0 aliphatic rings. The van der Waals surface area contributed by atoms with Crippen LogP contribution in [0.2, 0.25) is 0 Å². The Morgan fingerprint density at radius 3 is 2.14 bits per heavy atom. The molecule has 0 saturated carbocycles. The molecule has 0 radical (unpaired) electrons. The van der Waals surface area contributed by atoms with Crippen molar-refractivity contribution in [2.24, 2.45) is 5.41 Å². The van der Waals surface area contributed by atoms with Gasteiger partial charge in [-0.05, 0) is 44.5 Å². The fraction of sp³-hybridized carbons (Fsp3) is 0.345. The van der Waals surface area contributed by atoms with Crippen LogP contribution in [0.25, 0.3) is 0 Å². The van der Waals surface area contributed by atoms with Crippen LogP contribution in [-0.2, 0) is 29.4 Å². The quantitative estimate of drug-likeness (QED) is 0.195. The molecule has 12 nitrogen and oxygen atoms in total. The fourth-order valence-electron chi connectivity index (χ4n) is 3.92. The molecular formula is C29H36N2O10S2.